The molecular weight excluding hydrogens is 181 g/mol. The van der Waals surface area contributed by atoms with E-state index in [9.17, 15) is 4.57 Å². The minimum atomic E-state index is -3.16. The molecule has 0 aromatic carbocycles. The topological polar surface area (TPSA) is 84.3 Å². The van der Waals surface area contributed by atoms with Gasteiger partial charge >= 0.3 is 7.60 Å². The van der Waals surface area contributed by atoms with E-state index in [0.29, 0.717) is 0 Å². The third-order valence-corrected chi connectivity index (χ3v) is 2.73. The highest BCUT2D eigenvalue weighted by molar-refractivity contribution is 7.53. The molecule has 0 heterocycles. The molecule has 0 atom stereocenters. The van der Waals surface area contributed by atoms with Crippen molar-refractivity contribution in [3.05, 3.63) is 10.4 Å². The van der Waals surface area contributed by atoms with Crippen molar-refractivity contribution in [2.75, 3.05) is 19.5 Å². The van der Waals surface area contributed by atoms with Crippen LogP contribution in [0.5, 0.6) is 0 Å². The lowest BCUT2D eigenvalue weighted by atomic mass is 10.9. The zero-order chi connectivity index (χ0) is 9.45. The lowest BCUT2D eigenvalue weighted by Gasteiger charge is -2.13. The maximum atomic E-state index is 11.5. The first-order valence-electron chi connectivity index (χ1n) is 3.57. The molecule has 0 amide bonds. The summed E-state index contributed by atoms with van der Waals surface area (Å²) in [5, 5.41) is 3.15. The normalized spacial score (nSPS) is 10.8. The third kappa shape index (κ3) is 4.36. The summed E-state index contributed by atoms with van der Waals surface area (Å²) in [5.41, 5.74) is 7.99. The Hall–Kier alpha value is -0.540. The first-order valence-corrected chi connectivity index (χ1v) is 5.30. The van der Waals surface area contributed by atoms with Gasteiger partial charge in [0.2, 0.25) is 0 Å². The molecule has 6 nitrogen and oxygen atoms in total. The fourth-order valence-corrected chi connectivity index (χ4v) is 1.85. The van der Waals surface area contributed by atoms with Crippen LogP contribution in [0.1, 0.15) is 13.8 Å². The minimum Gasteiger partial charge on any atom is -0.309 e. The highest BCUT2D eigenvalue weighted by atomic mass is 31.2. The van der Waals surface area contributed by atoms with Crippen LogP contribution in [-0.4, -0.2) is 19.5 Å². The molecule has 0 aliphatic rings. The Morgan fingerprint density at radius 3 is 2.25 bits per heavy atom. The minimum absolute atomic E-state index is 0.245. The number of rotatable bonds is 6. The Balaban J connectivity index is 4.17. The van der Waals surface area contributed by atoms with E-state index in [4.69, 9.17) is 14.6 Å². The maximum Gasteiger partial charge on any atom is 0.336 e. The molecule has 0 aliphatic carbocycles. The molecule has 0 saturated carbocycles. The van der Waals surface area contributed by atoms with Gasteiger partial charge in [-0.15, -0.1) is 0 Å². The highest BCUT2D eigenvalue weighted by Gasteiger charge is 2.21. The number of hydrogen-bond donors (Lipinski definition) is 0. The summed E-state index contributed by atoms with van der Waals surface area (Å²) in [4.78, 5) is 2.48. The first kappa shape index (κ1) is 11.5. The second-order valence-electron chi connectivity index (χ2n) is 1.82. The van der Waals surface area contributed by atoms with Crippen LogP contribution in [-0.2, 0) is 13.6 Å². The van der Waals surface area contributed by atoms with Gasteiger partial charge in [0.1, 0.15) is 6.29 Å². The fraction of sp³-hybridized carbons (Fsp3) is 1.00. The summed E-state index contributed by atoms with van der Waals surface area (Å²) in [5.74, 6) is 0. The molecule has 0 aromatic rings. The van der Waals surface area contributed by atoms with Crippen LogP contribution in [0.3, 0.4) is 0 Å². The molecule has 70 valence electrons. The molecule has 0 bridgehead atoms. The Bertz CT molecular complexity index is 204. The molecule has 7 heteroatoms. The number of nitrogens with zero attached hydrogens (tertiary/aromatic N) is 3. The summed E-state index contributed by atoms with van der Waals surface area (Å²) in [7, 11) is -3.16. The van der Waals surface area contributed by atoms with E-state index in [2.05, 4.69) is 10.0 Å². The molecule has 0 radical (unpaired) electrons. The average Bonchev–Trinajstić information content (AvgIpc) is 2.02. The van der Waals surface area contributed by atoms with Gasteiger partial charge in [-0.2, -0.15) is 0 Å². The predicted molar refractivity (Wildman–Crippen MR) is 44.9 cm³/mol. The second-order valence-corrected chi connectivity index (χ2v) is 3.84. The zero-order valence-electron chi connectivity index (χ0n) is 7.13. The van der Waals surface area contributed by atoms with E-state index in [1.165, 1.54) is 0 Å². The van der Waals surface area contributed by atoms with Crippen molar-refractivity contribution in [3.8, 4) is 0 Å². The lowest BCUT2D eigenvalue weighted by Crippen LogP contribution is -1.97. The highest BCUT2D eigenvalue weighted by Crippen LogP contribution is 2.47. The van der Waals surface area contributed by atoms with Crippen LogP contribution in [0.15, 0.2) is 5.11 Å². The average molecular weight is 193 g/mol. The standard InChI is InChI=1S/C5H12N3O3P/c1-3-10-12(9,11-4-2)5-7-8-6/h3-5H2,1-2H3. The predicted octanol–water partition coefficient (Wildman–Crippen LogP) is 2.52. The van der Waals surface area contributed by atoms with E-state index in [-0.39, 0.29) is 19.5 Å². The van der Waals surface area contributed by atoms with Crippen LogP contribution < -0.4 is 0 Å². The summed E-state index contributed by atoms with van der Waals surface area (Å²) >= 11 is 0. The van der Waals surface area contributed by atoms with Crippen molar-refractivity contribution in [2.45, 2.75) is 13.8 Å². The van der Waals surface area contributed by atoms with Crippen LogP contribution in [0.4, 0.5) is 0 Å². The summed E-state index contributed by atoms with van der Waals surface area (Å²) in [6.07, 6.45) is -0.245. The van der Waals surface area contributed by atoms with Gasteiger partial charge in [-0.3, -0.25) is 4.57 Å². The quantitative estimate of drug-likeness (QED) is 0.281. The molecule has 0 aromatic heterocycles. The fourth-order valence-electron chi connectivity index (χ4n) is 0.618. The van der Waals surface area contributed by atoms with Gasteiger partial charge in [0.25, 0.3) is 0 Å². The first-order chi connectivity index (χ1) is 5.68. The van der Waals surface area contributed by atoms with Crippen molar-refractivity contribution < 1.29 is 13.6 Å². The van der Waals surface area contributed by atoms with Crippen LogP contribution in [0.25, 0.3) is 10.4 Å². The lowest BCUT2D eigenvalue weighted by molar-refractivity contribution is 0.220. The van der Waals surface area contributed by atoms with Crippen molar-refractivity contribution in [1.29, 1.82) is 0 Å². The van der Waals surface area contributed by atoms with Crippen LogP contribution in [0, 0.1) is 0 Å². The summed E-state index contributed by atoms with van der Waals surface area (Å²) in [6, 6.07) is 0. The molecule has 0 fully saturated rings. The molecule has 0 aliphatic heterocycles. The largest absolute Gasteiger partial charge is 0.336 e. The van der Waals surface area contributed by atoms with Crippen LogP contribution >= 0.6 is 7.60 Å². The Morgan fingerprint density at radius 1 is 1.42 bits per heavy atom. The van der Waals surface area contributed by atoms with Gasteiger partial charge in [-0.25, -0.2) is 0 Å². The van der Waals surface area contributed by atoms with Crippen LogP contribution in [0.2, 0.25) is 0 Å². The van der Waals surface area contributed by atoms with Gasteiger partial charge in [0, 0.05) is 4.91 Å². The van der Waals surface area contributed by atoms with Crippen molar-refractivity contribution in [2.24, 2.45) is 5.11 Å². The van der Waals surface area contributed by atoms with Gasteiger partial charge in [0.05, 0.1) is 13.2 Å². The smallest absolute Gasteiger partial charge is 0.309 e. The molecule has 12 heavy (non-hydrogen) atoms. The van der Waals surface area contributed by atoms with E-state index >= 15 is 0 Å². The zero-order valence-corrected chi connectivity index (χ0v) is 8.03. The maximum absolute atomic E-state index is 11.5. The monoisotopic (exact) mass is 193 g/mol. The molecule has 0 N–H and O–H groups in total. The third-order valence-electron chi connectivity index (χ3n) is 0.951. The van der Waals surface area contributed by atoms with E-state index < -0.39 is 7.60 Å². The van der Waals surface area contributed by atoms with Crippen molar-refractivity contribution >= 4 is 7.60 Å². The summed E-state index contributed by atoms with van der Waals surface area (Å²) < 4.78 is 21.1. The van der Waals surface area contributed by atoms with E-state index in [1.54, 1.807) is 13.8 Å². The van der Waals surface area contributed by atoms with Gasteiger partial charge < -0.3 is 9.05 Å². The number of azide groups is 1. The molecule has 0 spiro atoms. The van der Waals surface area contributed by atoms with E-state index in [0.717, 1.165) is 0 Å². The van der Waals surface area contributed by atoms with Crippen molar-refractivity contribution in [1.82, 2.24) is 0 Å². The molecule has 0 unspecified atom stereocenters. The number of hydrogen-bond acceptors (Lipinski definition) is 4. The molecular formula is C5H12N3O3P. The molecule has 0 saturated heterocycles. The SMILES string of the molecule is CCOP(=O)(CN=[N+]=[N-])OCC. The Kier molecular flexibility index (Phi) is 5.76. The molecule has 0 rings (SSSR count). The van der Waals surface area contributed by atoms with E-state index in [1.807, 2.05) is 0 Å². The Labute approximate surface area is 71.0 Å². The second kappa shape index (κ2) is 6.03. The summed E-state index contributed by atoms with van der Waals surface area (Å²) in [6.45, 7) is 3.94. The van der Waals surface area contributed by atoms with Crippen molar-refractivity contribution in [3.63, 3.8) is 0 Å². The van der Waals surface area contributed by atoms with Gasteiger partial charge in [-0.05, 0) is 19.4 Å². The van der Waals surface area contributed by atoms with Gasteiger partial charge in [0.15, 0.2) is 0 Å². The van der Waals surface area contributed by atoms with Gasteiger partial charge in [-0.1, -0.05) is 5.11 Å². The Morgan fingerprint density at radius 2 is 1.92 bits per heavy atom.